The van der Waals surface area contributed by atoms with Gasteiger partial charge in [-0.05, 0) is 35.7 Å². The third kappa shape index (κ3) is 5.69. The number of carbonyl (C=O) groups is 1. The van der Waals surface area contributed by atoms with Crippen LogP contribution in [-0.4, -0.2) is 37.0 Å². The van der Waals surface area contributed by atoms with E-state index in [-0.39, 0.29) is 47.4 Å². The standard InChI is InChI=1S/C18H15N3O8S2.Na.H/c1-10(22)19-14-9-13(30(24,25)26)7-11-8-15(31(27,28)29)17(18(23)16(11)14)21-20-12-5-3-2-4-6-12;;/h2-9,23H,1H3,(H,19,22)(H,24,25,26)(H,27,28,29);;/q;+1;-1. The fourth-order valence-corrected chi connectivity index (χ4v) is 3.99. The van der Waals surface area contributed by atoms with Gasteiger partial charge in [-0.1, -0.05) is 18.2 Å². The minimum Gasteiger partial charge on any atom is -1.00 e. The second kappa shape index (κ2) is 9.62. The number of nitrogens with zero attached hydrogens (tertiary/aromatic N) is 2. The number of phenolic OH excluding ortho intramolecular Hbond substituents is 1. The van der Waals surface area contributed by atoms with Crippen LogP contribution in [0.3, 0.4) is 0 Å². The number of anilines is 1. The van der Waals surface area contributed by atoms with E-state index in [1.54, 1.807) is 30.3 Å². The summed E-state index contributed by atoms with van der Waals surface area (Å²) in [7, 11) is -9.71. The minimum atomic E-state index is -4.95. The van der Waals surface area contributed by atoms with Gasteiger partial charge < -0.3 is 11.8 Å². The summed E-state index contributed by atoms with van der Waals surface area (Å²) in [6.45, 7) is 1.12. The molecule has 11 nitrogen and oxygen atoms in total. The van der Waals surface area contributed by atoms with Crippen molar-refractivity contribution < 1.29 is 66.8 Å². The summed E-state index contributed by atoms with van der Waals surface area (Å²) in [6.07, 6.45) is 0. The van der Waals surface area contributed by atoms with Crippen LogP contribution in [0.2, 0.25) is 0 Å². The Morgan fingerprint density at radius 2 is 1.59 bits per heavy atom. The fourth-order valence-electron chi connectivity index (χ4n) is 2.79. The normalized spacial score (nSPS) is 12.0. The first-order valence-corrected chi connectivity index (χ1v) is 11.3. The van der Waals surface area contributed by atoms with E-state index in [9.17, 15) is 35.8 Å². The molecule has 0 aliphatic heterocycles. The van der Waals surface area contributed by atoms with Gasteiger partial charge in [0, 0.05) is 12.3 Å². The number of azo groups is 1. The second-order valence-corrected chi connectivity index (χ2v) is 9.12. The molecule has 0 saturated carbocycles. The molecular weight excluding hydrogens is 473 g/mol. The average Bonchev–Trinajstić information content (AvgIpc) is 2.65. The van der Waals surface area contributed by atoms with Crippen LogP contribution in [0.5, 0.6) is 5.75 Å². The Morgan fingerprint density at radius 3 is 2.12 bits per heavy atom. The summed E-state index contributed by atoms with van der Waals surface area (Å²) >= 11 is 0. The Balaban J connectivity index is 0.00000272. The van der Waals surface area contributed by atoms with Gasteiger partial charge in [0.05, 0.1) is 16.3 Å². The van der Waals surface area contributed by atoms with Crippen LogP contribution in [0.15, 0.2) is 68.6 Å². The van der Waals surface area contributed by atoms with E-state index in [1.165, 1.54) is 0 Å². The summed E-state index contributed by atoms with van der Waals surface area (Å²) in [5.74, 6) is -1.44. The van der Waals surface area contributed by atoms with Crippen molar-refractivity contribution in [1.29, 1.82) is 0 Å². The number of amides is 1. The van der Waals surface area contributed by atoms with Crippen LogP contribution in [0.25, 0.3) is 10.8 Å². The summed E-state index contributed by atoms with van der Waals surface area (Å²) in [5.41, 5.74) is -0.565. The molecule has 0 bridgehead atoms. The maximum absolute atomic E-state index is 11.9. The molecular formula is C18H16N3NaO8S2. The topological polar surface area (TPSA) is 183 Å². The maximum atomic E-state index is 11.9. The number of benzene rings is 3. The molecule has 3 rings (SSSR count). The quantitative estimate of drug-likeness (QED) is 0.227. The first-order valence-electron chi connectivity index (χ1n) is 8.41. The fraction of sp³-hybridized carbons (Fsp3) is 0.0556. The first-order chi connectivity index (χ1) is 14.4. The van der Waals surface area contributed by atoms with Gasteiger partial charge in [-0.2, -0.15) is 21.9 Å². The Bertz CT molecular complexity index is 1450. The number of hydrogen-bond acceptors (Lipinski definition) is 8. The van der Waals surface area contributed by atoms with Crippen molar-refractivity contribution in [1.82, 2.24) is 0 Å². The number of phenols is 1. The van der Waals surface area contributed by atoms with Gasteiger partial charge in [0.2, 0.25) is 5.91 Å². The average molecular weight is 489 g/mol. The van der Waals surface area contributed by atoms with E-state index in [0.29, 0.717) is 5.69 Å². The third-order valence-electron chi connectivity index (χ3n) is 4.03. The zero-order valence-electron chi connectivity index (χ0n) is 17.7. The summed E-state index contributed by atoms with van der Waals surface area (Å²) in [6, 6.07) is 10.7. The molecule has 0 unspecified atom stereocenters. The number of carbonyl (C=O) groups excluding carboxylic acids is 1. The monoisotopic (exact) mass is 489 g/mol. The number of nitrogens with one attached hydrogen (secondary N) is 1. The van der Waals surface area contributed by atoms with Gasteiger partial charge in [-0.25, -0.2) is 0 Å². The molecule has 32 heavy (non-hydrogen) atoms. The van der Waals surface area contributed by atoms with Crippen LogP contribution in [0, 0.1) is 0 Å². The Hall–Kier alpha value is -2.39. The van der Waals surface area contributed by atoms with E-state index in [0.717, 1.165) is 25.1 Å². The largest absolute Gasteiger partial charge is 1.00 e. The molecule has 0 atom stereocenters. The van der Waals surface area contributed by atoms with E-state index in [2.05, 4.69) is 15.5 Å². The van der Waals surface area contributed by atoms with Gasteiger partial charge in [-0.3, -0.25) is 13.9 Å². The van der Waals surface area contributed by atoms with E-state index >= 15 is 0 Å². The molecule has 0 aromatic heterocycles. The van der Waals surface area contributed by atoms with Crippen LogP contribution >= 0.6 is 0 Å². The van der Waals surface area contributed by atoms with Crippen LogP contribution < -0.4 is 34.9 Å². The molecule has 0 fully saturated rings. The van der Waals surface area contributed by atoms with Gasteiger partial charge in [-0.15, -0.1) is 5.11 Å². The number of aromatic hydroxyl groups is 1. The van der Waals surface area contributed by atoms with E-state index in [1.807, 2.05) is 0 Å². The van der Waals surface area contributed by atoms with Gasteiger partial charge in [0.25, 0.3) is 20.2 Å². The molecule has 0 radical (unpaired) electrons. The third-order valence-corrected chi connectivity index (χ3v) is 5.73. The van der Waals surface area contributed by atoms with Crippen LogP contribution in [0.1, 0.15) is 8.35 Å². The maximum Gasteiger partial charge on any atom is 1.00 e. The summed E-state index contributed by atoms with van der Waals surface area (Å²) in [5, 5.41) is 20.2. The molecule has 0 heterocycles. The second-order valence-electron chi connectivity index (χ2n) is 6.31. The molecule has 164 valence electrons. The van der Waals surface area contributed by atoms with Crippen molar-refractivity contribution in [2.75, 3.05) is 5.32 Å². The molecule has 3 aromatic carbocycles. The van der Waals surface area contributed by atoms with Crippen molar-refractivity contribution in [3.63, 3.8) is 0 Å². The van der Waals surface area contributed by atoms with Crippen molar-refractivity contribution in [3.05, 3.63) is 48.5 Å². The SMILES string of the molecule is CC(=O)Nc1cc(S(=O)(=O)O)cc2cc(S(=O)(=O)O)c(N=Nc3ccccc3)c(O)c12.[H-].[Na+]. The van der Waals surface area contributed by atoms with Crippen molar-refractivity contribution in [2.45, 2.75) is 16.7 Å². The predicted molar refractivity (Wildman–Crippen MR) is 111 cm³/mol. The first kappa shape index (κ1) is 25.9. The van der Waals surface area contributed by atoms with Gasteiger partial charge >= 0.3 is 29.6 Å². The molecule has 1 amide bonds. The molecule has 14 heteroatoms. The Labute approximate surface area is 206 Å². The summed E-state index contributed by atoms with van der Waals surface area (Å²) in [4.78, 5) is 10.0. The van der Waals surface area contributed by atoms with Crippen LogP contribution in [0.4, 0.5) is 17.1 Å². The smallest absolute Gasteiger partial charge is 1.00 e. The molecule has 0 saturated heterocycles. The van der Waals surface area contributed by atoms with Gasteiger partial charge in [0.1, 0.15) is 10.6 Å². The van der Waals surface area contributed by atoms with Gasteiger partial charge in [0.15, 0.2) is 5.75 Å². The number of rotatable bonds is 5. The molecule has 0 spiro atoms. The van der Waals surface area contributed by atoms with Crippen molar-refractivity contribution in [2.24, 2.45) is 10.2 Å². The van der Waals surface area contributed by atoms with Crippen LogP contribution in [-0.2, 0) is 25.0 Å². The van der Waals surface area contributed by atoms with Crippen molar-refractivity contribution in [3.8, 4) is 5.75 Å². The molecule has 0 aliphatic rings. The number of fused-ring (bicyclic) bond motifs is 1. The minimum absolute atomic E-state index is 0. The molecule has 4 N–H and O–H groups in total. The van der Waals surface area contributed by atoms with E-state index < -0.39 is 47.4 Å². The zero-order chi connectivity index (χ0) is 23.0. The van der Waals surface area contributed by atoms with E-state index in [4.69, 9.17) is 0 Å². The Kier molecular flexibility index (Phi) is 7.78. The zero-order valence-corrected chi connectivity index (χ0v) is 20.3. The van der Waals surface area contributed by atoms with Crippen molar-refractivity contribution >= 4 is 54.0 Å². The molecule has 0 aliphatic carbocycles. The Morgan fingerprint density at radius 1 is 0.969 bits per heavy atom. The summed E-state index contributed by atoms with van der Waals surface area (Å²) < 4.78 is 66.0. The number of hydrogen-bond donors (Lipinski definition) is 4. The molecule has 3 aromatic rings. The predicted octanol–water partition coefficient (Wildman–Crippen LogP) is 0.529.